The summed E-state index contributed by atoms with van der Waals surface area (Å²) in [6.07, 6.45) is 3.81. The van der Waals surface area contributed by atoms with Gasteiger partial charge in [-0.15, -0.1) is 0 Å². The molecule has 0 unspecified atom stereocenters. The van der Waals surface area contributed by atoms with Crippen molar-refractivity contribution in [3.63, 3.8) is 0 Å². The monoisotopic (exact) mass is 370 g/mol. The Morgan fingerprint density at radius 3 is 2.56 bits per heavy atom. The van der Waals surface area contributed by atoms with Crippen molar-refractivity contribution in [3.05, 3.63) is 52.4 Å². The SMILES string of the molecule is CCn1ncc(N2CCC(NC(=O)Cc3ccc(OC)cc3)CC2)cc1=O. The Morgan fingerprint density at radius 2 is 1.96 bits per heavy atom. The number of carbonyl (C=O) groups excluding carboxylic acids is 1. The third kappa shape index (κ3) is 4.87. The molecule has 0 aliphatic carbocycles. The molecule has 0 spiro atoms. The summed E-state index contributed by atoms with van der Waals surface area (Å²) in [6.45, 7) is 4.06. The molecule has 27 heavy (non-hydrogen) atoms. The normalized spacial score (nSPS) is 14.8. The number of rotatable bonds is 6. The number of piperidine rings is 1. The summed E-state index contributed by atoms with van der Waals surface area (Å²) in [7, 11) is 1.62. The minimum absolute atomic E-state index is 0.0332. The van der Waals surface area contributed by atoms with Crippen LogP contribution in [0.1, 0.15) is 25.3 Å². The number of methoxy groups -OCH3 is 1. The first kappa shape index (κ1) is 18.9. The van der Waals surface area contributed by atoms with Gasteiger partial charge in [0.25, 0.3) is 5.56 Å². The second-order valence-corrected chi connectivity index (χ2v) is 6.72. The van der Waals surface area contributed by atoms with Crippen LogP contribution in [0.25, 0.3) is 0 Å². The lowest BCUT2D eigenvalue weighted by Crippen LogP contribution is -2.45. The van der Waals surface area contributed by atoms with Crippen molar-refractivity contribution < 1.29 is 9.53 Å². The predicted molar refractivity (Wildman–Crippen MR) is 104 cm³/mol. The maximum Gasteiger partial charge on any atom is 0.268 e. The molecule has 1 saturated heterocycles. The second kappa shape index (κ2) is 8.70. The molecule has 144 valence electrons. The Balaban J connectivity index is 1.49. The minimum atomic E-state index is -0.0788. The van der Waals surface area contributed by atoms with Crippen molar-refractivity contribution in [1.82, 2.24) is 15.1 Å². The van der Waals surface area contributed by atoms with Gasteiger partial charge in [0, 0.05) is 31.7 Å². The summed E-state index contributed by atoms with van der Waals surface area (Å²) in [4.78, 5) is 26.4. The van der Waals surface area contributed by atoms with Gasteiger partial charge in [-0.3, -0.25) is 9.59 Å². The van der Waals surface area contributed by atoms with Crippen molar-refractivity contribution in [3.8, 4) is 5.75 Å². The Morgan fingerprint density at radius 1 is 1.26 bits per heavy atom. The molecule has 7 nitrogen and oxygen atoms in total. The van der Waals surface area contributed by atoms with E-state index in [2.05, 4.69) is 15.3 Å². The number of aromatic nitrogens is 2. The quantitative estimate of drug-likeness (QED) is 0.836. The highest BCUT2D eigenvalue weighted by atomic mass is 16.5. The molecule has 2 aromatic rings. The molecule has 1 fully saturated rings. The van der Waals surface area contributed by atoms with Crippen LogP contribution in [0.15, 0.2) is 41.3 Å². The minimum Gasteiger partial charge on any atom is -0.497 e. The van der Waals surface area contributed by atoms with E-state index < -0.39 is 0 Å². The zero-order valence-corrected chi connectivity index (χ0v) is 15.9. The molecule has 2 heterocycles. The summed E-state index contributed by atoms with van der Waals surface area (Å²) in [6, 6.07) is 9.34. The third-order valence-corrected chi connectivity index (χ3v) is 4.90. The van der Waals surface area contributed by atoms with Gasteiger partial charge in [-0.1, -0.05) is 12.1 Å². The Labute approximate surface area is 158 Å². The highest BCUT2D eigenvalue weighted by Crippen LogP contribution is 2.18. The van der Waals surface area contributed by atoms with Gasteiger partial charge in [0.2, 0.25) is 5.91 Å². The number of carbonyl (C=O) groups is 1. The summed E-state index contributed by atoms with van der Waals surface area (Å²) in [5, 5.41) is 7.30. The van der Waals surface area contributed by atoms with Crippen LogP contribution < -0.4 is 20.5 Å². The molecule has 1 N–H and O–H groups in total. The van der Waals surface area contributed by atoms with E-state index in [-0.39, 0.29) is 17.5 Å². The zero-order valence-electron chi connectivity index (χ0n) is 15.9. The fourth-order valence-corrected chi connectivity index (χ4v) is 3.32. The van der Waals surface area contributed by atoms with Crippen molar-refractivity contribution in [2.75, 3.05) is 25.1 Å². The fraction of sp³-hybridized carbons (Fsp3) is 0.450. The van der Waals surface area contributed by atoms with E-state index in [1.54, 1.807) is 19.4 Å². The number of ether oxygens (including phenoxy) is 1. The number of nitrogens with zero attached hydrogens (tertiary/aromatic N) is 3. The lowest BCUT2D eigenvalue weighted by atomic mass is 10.0. The van der Waals surface area contributed by atoms with Crippen molar-refractivity contribution in [1.29, 1.82) is 0 Å². The van der Waals surface area contributed by atoms with Gasteiger partial charge in [-0.25, -0.2) is 4.68 Å². The van der Waals surface area contributed by atoms with Gasteiger partial charge in [0.05, 0.1) is 25.4 Å². The molecule has 0 saturated carbocycles. The van der Waals surface area contributed by atoms with E-state index in [9.17, 15) is 9.59 Å². The molecule has 1 aliphatic rings. The largest absolute Gasteiger partial charge is 0.497 e. The van der Waals surface area contributed by atoms with E-state index >= 15 is 0 Å². The topological polar surface area (TPSA) is 76.5 Å². The third-order valence-electron chi connectivity index (χ3n) is 4.90. The molecule has 7 heteroatoms. The number of amides is 1. The van der Waals surface area contributed by atoms with Crippen LogP contribution in [0, 0.1) is 0 Å². The smallest absolute Gasteiger partial charge is 0.268 e. The highest BCUT2D eigenvalue weighted by molar-refractivity contribution is 5.78. The van der Waals surface area contributed by atoms with Crippen molar-refractivity contribution in [2.24, 2.45) is 0 Å². The van der Waals surface area contributed by atoms with E-state index in [4.69, 9.17) is 4.74 Å². The lowest BCUT2D eigenvalue weighted by Gasteiger charge is -2.33. The molecule has 1 aromatic heterocycles. The molecular weight excluding hydrogens is 344 g/mol. The average molecular weight is 370 g/mol. The number of hydrogen-bond acceptors (Lipinski definition) is 5. The fourth-order valence-electron chi connectivity index (χ4n) is 3.32. The van der Waals surface area contributed by atoms with E-state index in [0.717, 1.165) is 42.9 Å². The van der Waals surface area contributed by atoms with Crippen LogP contribution in [0.5, 0.6) is 5.75 Å². The molecule has 1 amide bonds. The Hall–Kier alpha value is -2.83. The first-order chi connectivity index (χ1) is 13.1. The van der Waals surface area contributed by atoms with Crippen molar-refractivity contribution in [2.45, 2.75) is 38.8 Å². The number of hydrogen-bond donors (Lipinski definition) is 1. The van der Waals surface area contributed by atoms with Gasteiger partial charge in [0.15, 0.2) is 0 Å². The maximum absolute atomic E-state index is 12.3. The Bertz CT molecular complexity index is 824. The van der Waals surface area contributed by atoms with Crippen LogP contribution >= 0.6 is 0 Å². The van der Waals surface area contributed by atoms with Crippen LogP contribution in [0.3, 0.4) is 0 Å². The molecule has 0 radical (unpaired) electrons. The lowest BCUT2D eigenvalue weighted by molar-refractivity contribution is -0.121. The molecular formula is C20H26N4O3. The van der Waals surface area contributed by atoms with Gasteiger partial charge < -0.3 is 15.0 Å². The van der Waals surface area contributed by atoms with Crippen molar-refractivity contribution >= 4 is 11.6 Å². The number of anilines is 1. The molecule has 3 rings (SSSR count). The summed E-state index contributed by atoms with van der Waals surface area (Å²) in [5.74, 6) is 0.818. The second-order valence-electron chi connectivity index (χ2n) is 6.72. The van der Waals surface area contributed by atoms with Crippen LogP contribution in [0.4, 0.5) is 5.69 Å². The summed E-state index contributed by atoms with van der Waals surface area (Å²) in [5.41, 5.74) is 1.74. The van der Waals surface area contributed by atoms with Gasteiger partial charge >= 0.3 is 0 Å². The van der Waals surface area contributed by atoms with Gasteiger partial charge in [-0.05, 0) is 37.5 Å². The number of nitrogens with one attached hydrogen (secondary N) is 1. The van der Waals surface area contributed by atoms with Gasteiger partial charge in [-0.2, -0.15) is 5.10 Å². The predicted octanol–water partition coefficient (Wildman–Crippen LogP) is 1.60. The molecule has 0 bridgehead atoms. The molecule has 0 atom stereocenters. The van der Waals surface area contributed by atoms with E-state index in [1.165, 1.54) is 4.68 Å². The highest BCUT2D eigenvalue weighted by Gasteiger charge is 2.21. The first-order valence-corrected chi connectivity index (χ1v) is 9.33. The molecule has 1 aliphatic heterocycles. The number of aryl methyl sites for hydroxylation is 1. The van der Waals surface area contributed by atoms with Crippen LogP contribution in [-0.2, 0) is 17.8 Å². The summed E-state index contributed by atoms with van der Waals surface area (Å²) >= 11 is 0. The average Bonchev–Trinajstić information content (AvgIpc) is 2.69. The maximum atomic E-state index is 12.3. The van der Waals surface area contributed by atoms with Gasteiger partial charge in [0.1, 0.15) is 5.75 Å². The van der Waals surface area contributed by atoms with E-state index in [1.807, 2.05) is 31.2 Å². The summed E-state index contributed by atoms with van der Waals surface area (Å²) < 4.78 is 6.57. The Kier molecular flexibility index (Phi) is 6.11. The van der Waals surface area contributed by atoms with Crippen LogP contribution in [0.2, 0.25) is 0 Å². The number of benzene rings is 1. The van der Waals surface area contributed by atoms with E-state index in [0.29, 0.717) is 13.0 Å². The zero-order chi connectivity index (χ0) is 19.2. The van der Waals surface area contributed by atoms with Crippen LogP contribution in [-0.4, -0.2) is 41.9 Å². The molecule has 1 aromatic carbocycles. The first-order valence-electron chi connectivity index (χ1n) is 9.33. The standard InChI is InChI=1S/C20H26N4O3/c1-3-24-20(26)13-17(14-21-24)23-10-8-16(9-11-23)22-19(25)12-15-4-6-18(27-2)7-5-15/h4-7,13-14,16H,3,8-12H2,1-2H3,(H,22,25).